The molecular formula is C12H12ClN5O3. The molecule has 0 atom stereocenters. The Labute approximate surface area is 124 Å². The number of aromatic nitrogens is 3. The largest absolute Gasteiger partial charge is 0.352 e. The monoisotopic (exact) mass is 309 g/mol. The number of hydrogen-bond acceptors (Lipinski definition) is 5. The van der Waals surface area contributed by atoms with Crippen molar-refractivity contribution >= 4 is 23.2 Å². The summed E-state index contributed by atoms with van der Waals surface area (Å²) in [7, 11) is 0. The Morgan fingerprint density at radius 1 is 1.48 bits per heavy atom. The van der Waals surface area contributed by atoms with Crippen molar-refractivity contribution in [2.24, 2.45) is 0 Å². The molecule has 21 heavy (non-hydrogen) atoms. The van der Waals surface area contributed by atoms with Gasteiger partial charge in [0.25, 0.3) is 11.6 Å². The molecule has 1 heterocycles. The van der Waals surface area contributed by atoms with Crippen LogP contribution in [0.3, 0.4) is 0 Å². The van der Waals surface area contributed by atoms with Gasteiger partial charge in [0.15, 0.2) is 0 Å². The Bertz CT molecular complexity index is 644. The third-order valence-corrected chi connectivity index (χ3v) is 3.14. The third-order valence-electron chi connectivity index (χ3n) is 2.74. The van der Waals surface area contributed by atoms with Gasteiger partial charge in [-0.1, -0.05) is 22.9 Å². The van der Waals surface area contributed by atoms with E-state index in [1.54, 1.807) is 17.1 Å². The summed E-state index contributed by atoms with van der Waals surface area (Å²) in [6, 6.07) is 4.13. The fourth-order valence-electron chi connectivity index (χ4n) is 1.73. The highest BCUT2D eigenvalue weighted by molar-refractivity contribution is 6.35. The molecule has 0 unspecified atom stereocenters. The van der Waals surface area contributed by atoms with E-state index in [0.717, 1.165) is 0 Å². The minimum atomic E-state index is -0.621. The molecule has 0 saturated carbocycles. The average Bonchev–Trinajstić information content (AvgIpc) is 2.96. The molecule has 1 N–H and O–H groups in total. The van der Waals surface area contributed by atoms with Gasteiger partial charge in [-0.2, -0.15) is 0 Å². The molecule has 0 saturated heterocycles. The average molecular weight is 310 g/mol. The van der Waals surface area contributed by atoms with E-state index in [2.05, 4.69) is 15.6 Å². The van der Waals surface area contributed by atoms with Crippen LogP contribution in [0, 0.1) is 10.1 Å². The van der Waals surface area contributed by atoms with Crippen LogP contribution < -0.4 is 5.32 Å². The van der Waals surface area contributed by atoms with Crippen molar-refractivity contribution in [1.29, 1.82) is 0 Å². The quantitative estimate of drug-likeness (QED) is 0.496. The fourth-order valence-corrected chi connectivity index (χ4v) is 2.01. The fraction of sp³-hybridized carbons (Fsp3) is 0.250. The Morgan fingerprint density at radius 2 is 2.29 bits per heavy atom. The maximum atomic E-state index is 11.9. The number of amides is 1. The normalized spacial score (nSPS) is 10.3. The third kappa shape index (κ3) is 3.76. The van der Waals surface area contributed by atoms with Crippen LogP contribution in [0.1, 0.15) is 16.8 Å². The second-order valence-corrected chi connectivity index (χ2v) is 4.55. The summed E-state index contributed by atoms with van der Waals surface area (Å²) < 4.78 is 1.65. The molecule has 0 fully saturated rings. The lowest BCUT2D eigenvalue weighted by molar-refractivity contribution is -0.384. The van der Waals surface area contributed by atoms with E-state index < -0.39 is 10.8 Å². The summed E-state index contributed by atoms with van der Waals surface area (Å²) in [5.74, 6) is -0.442. The summed E-state index contributed by atoms with van der Waals surface area (Å²) in [4.78, 5) is 22.1. The first-order valence-corrected chi connectivity index (χ1v) is 6.52. The van der Waals surface area contributed by atoms with Crippen molar-refractivity contribution in [2.75, 3.05) is 6.54 Å². The van der Waals surface area contributed by atoms with Crippen molar-refractivity contribution in [2.45, 2.75) is 13.0 Å². The Balaban J connectivity index is 1.91. The first kappa shape index (κ1) is 14.9. The molecule has 0 bridgehead atoms. The van der Waals surface area contributed by atoms with E-state index in [0.29, 0.717) is 19.5 Å². The number of halogens is 1. The van der Waals surface area contributed by atoms with Gasteiger partial charge >= 0.3 is 0 Å². The number of carbonyl (C=O) groups is 1. The molecule has 8 nitrogen and oxygen atoms in total. The molecule has 0 aliphatic heterocycles. The standard InChI is InChI=1S/C12H12ClN5O3/c13-11-9(3-1-4-10(11)18(20)21)12(19)14-5-2-7-17-8-6-15-16-17/h1,3-4,6,8H,2,5,7H2,(H,14,19). The Kier molecular flexibility index (Phi) is 4.83. The van der Waals surface area contributed by atoms with Gasteiger partial charge in [-0.05, 0) is 12.5 Å². The molecule has 0 aliphatic rings. The van der Waals surface area contributed by atoms with E-state index in [-0.39, 0.29) is 16.3 Å². The van der Waals surface area contributed by atoms with E-state index >= 15 is 0 Å². The van der Waals surface area contributed by atoms with E-state index in [4.69, 9.17) is 11.6 Å². The molecule has 2 aromatic rings. The highest BCUT2D eigenvalue weighted by Crippen LogP contribution is 2.27. The number of hydrogen-bond donors (Lipinski definition) is 1. The Morgan fingerprint density at radius 3 is 2.95 bits per heavy atom. The molecule has 1 amide bonds. The summed E-state index contributed by atoms with van der Waals surface area (Å²) in [6.45, 7) is 1.01. The van der Waals surface area contributed by atoms with Gasteiger partial charge in [-0.15, -0.1) is 5.10 Å². The number of aryl methyl sites for hydroxylation is 1. The number of nitrogens with zero attached hydrogens (tertiary/aromatic N) is 4. The maximum absolute atomic E-state index is 11.9. The van der Waals surface area contributed by atoms with E-state index in [1.807, 2.05) is 0 Å². The summed E-state index contributed by atoms with van der Waals surface area (Å²) in [6.07, 6.45) is 3.95. The van der Waals surface area contributed by atoms with Gasteiger partial charge in [-0.25, -0.2) is 0 Å². The van der Waals surface area contributed by atoms with E-state index in [1.165, 1.54) is 18.2 Å². The molecule has 110 valence electrons. The van der Waals surface area contributed by atoms with Crippen LogP contribution in [0.15, 0.2) is 30.6 Å². The van der Waals surface area contributed by atoms with Gasteiger partial charge in [0.2, 0.25) is 0 Å². The Hall–Kier alpha value is -2.48. The number of carbonyl (C=O) groups excluding carboxylic acids is 1. The van der Waals surface area contributed by atoms with Gasteiger partial charge < -0.3 is 5.32 Å². The number of benzene rings is 1. The van der Waals surface area contributed by atoms with Gasteiger partial charge in [0.1, 0.15) is 5.02 Å². The lowest BCUT2D eigenvalue weighted by atomic mass is 10.2. The first-order valence-electron chi connectivity index (χ1n) is 6.15. The zero-order chi connectivity index (χ0) is 15.2. The van der Waals surface area contributed by atoms with Crippen LogP contribution in [0.25, 0.3) is 0 Å². The SMILES string of the molecule is O=C(NCCCn1ccnn1)c1cccc([N+](=O)[O-])c1Cl. The topological polar surface area (TPSA) is 103 Å². The molecule has 0 spiro atoms. The molecule has 0 radical (unpaired) electrons. The number of nitro benzene ring substituents is 1. The maximum Gasteiger partial charge on any atom is 0.288 e. The lowest BCUT2D eigenvalue weighted by Crippen LogP contribution is -2.25. The van der Waals surface area contributed by atoms with E-state index in [9.17, 15) is 14.9 Å². The zero-order valence-electron chi connectivity index (χ0n) is 10.9. The summed E-state index contributed by atoms with van der Waals surface area (Å²) >= 11 is 5.87. The smallest absolute Gasteiger partial charge is 0.288 e. The van der Waals surface area contributed by atoms with Crippen molar-refractivity contribution < 1.29 is 9.72 Å². The minimum Gasteiger partial charge on any atom is -0.352 e. The molecule has 1 aromatic heterocycles. The molecular weight excluding hydrogens is 298 g/mol. The lowest BCUT2D eigenvalue weighted by Gasteiger charge is -2.07. The van der Waals surface area contributed by atoms with Crippen LogP contribution in [-0.4, -0.2) is 32.4 Å². The summed E-state index contributed by atoms with van der Waals surface area (Å²) in [5.41, 5.74) is -0.196. The van der Waals surface area contributed by atoms with Crippen LogP contribution in [0.4, 0.5) is 5.69 Å². The number of nitro groups is 1. The second kappa shape index (κ2) is 6.80. The molecule has 0 aliphatic carbocycles. The highest BCUT2D eigenvalue weighted by Gasteiger charge is 2.19. The van der Waals surface area contributed by atoms with Gasteiger partial charge in [-0.3, -0.25) is 19.6 Å². The van der Waals surface area contributed by atoms with Gasteiger partial charge in [0, 0.05) is 25.4 Å². The van der Waals surface area contributed by atoms with Crippen molar-refractivity contribution in [3.8, 4) is 0 Å². The highest BCUT2D eigenvalue weighted by atomic mass is 35.5. The van der Waals surface area contributed by atoms with Crippen molar-refractivity contribution in [3.05, 3.63) is 51.3 Å². The first-order chi connectivity index (χ1) is 10.1. The predicted octanol–water partition coefficient (Wildman–Crippen LogP) is 1.66. The van der Waals surface area contributed by atoms with Crippen molar-refractivity contribution in [1.82, 2.24) is 20.3 Å². The van der Waals surface area contributed by atoms with Crippen LogP contribution >= 0.6 is 11.6 Å². The van der Waals surface area contributed by atoms with Crippen LogP contribution in [-0.2, 0) is 6.54 Å². The molecule has 1 aromatic carbocycles. The zero-order valence-corrected chi connectivity index (χ0v) is 11.7. The molecule has 2 rings (SSSR count). The van der Waals surface area contributed by atoms with Gasteiger partial charge in [0.05, 0.1) is 16.7 Å². The minimum absolute atomic E-state index is 0.0895. The number of rotatable bonds is 6. The number of nitrogens with one attached hydrogen (secondary N) is 1. The summed E-state index contributed by atoms with van der Waals surface area (Å²) in [5, 5.41) is 20.7. The second-order valence-electron chi connectivity index (χ2n) is 4.17. The molecule has 9 heteroatoms. The predicted molar refractivity (Wildman–Crippen MR) is 75.1 cm³/mol. The van der Waals surface area contributed by atoms with Crippen LogP contribution in [0.2, 0.25) is 5.02 Å². The van der Waals surface area contributed by atoms with Crippen LogP contribution in [0.5, 0.6) is 0 Å². The van der Waals surface area contributed by atoms with Crippen molar-refractivity contribution in [3.63, 3.8) is 0 Å².